The van der Waals surface area contributed by atoms with Gasteiger partial charge in [0.05, 0.1) is 18.6 Å². The van der Waals surface area contributed by atoms with E-state index in [0.29, 0.717) is 31.4 Å². The van der Waals surface area contributed by atoms with Crippen molar-refractivity contribution in [2.45, 2.75) is 52.7 Å². The maximum Gasteiger partial charge on any atom is 0.241 e. The molecule has 1 amide bonds. The monoisotopic (exact) mass is 400 g/mol. The molecule has 3 rings (SSSR count). The normalized spacial score (nSPS) is 17.6. The Bertz CT molecular complexity index is 790. The van der Waals surface area contributed by atoms with Crippen LogP contribution >= 0.6 is 0 Å². The van der Waals surface area contributed by atoms with Crippen molar-refractivity contribution in [2.75, 3.05) is 26.2 Å². The molecule has 1 fully saturated rings. The van der Waals surface area contributed by atoms with E-state index in [1.807, 2.05) is 45.0 Å². The van der Waals surface area contributed by atoms with Crippen LogP contribution in [0, 0.1) is 12.8 Å². The average molecular weight is 401 g/mol. The lowest BCUT2D eigenvalue weighted by molar-refractivity contribution is -0.126. The maximum absolute atomic E-state index is 12.5. The third kappa shape index (κ3) is 6.37. The van der Waals surface area contributed by atoms with Gasteiger partial charge < -0.3 is 14.6 Å². The summed E-state index contributed by atoms with van der Waals surface area (Å²) in [4.78, 5) is 19.3. The zero-order chi connectivity index (χ0) is 20.6. The first kappa shape index (κ1) is 21.5. The van der Waals surface area contributed by atoms with Gasteiger partial charge in [-0.2, -0.15) is 4.98 Å². The number of nitrogens with one attached hydrogen (secondary N) is 1. The summed E-state index contributed by atoms with van der Waals surface area (Å²) in [6.07, 6.45) is 2.98. The highest BCUT2D eigenvalue weighted by molar-refractivity contribution is 5.78. The number of hydrogen-bond donors (Lipinski definition) is 1. The van der Waals surface area contributed by atoms with Crippen molar-refractivity contribution >= 4 is 5.91 Å². The van der Waals surface area contributed by atoms with Gasteiger partial charge in [-0.15, -0.1) is 0 Å². The van der Waals surface area contributed by atoms with Crippen molar-refractivity contribution in [1.82, 2.24) is 20.4 Å². The molecular weight excluding hydrogens is 368 g/mol. The molecule has 158 valence electrons. The number of carbonyl (C=O) groups excluding carboxylic acids is 1. The zero-order valence-corrected chi connectivity index (χ0v) is 17.7. The number of likely N-dealkylation sites (tertiary alicyclic amines) is 1. The van der Waals surface area contributed by atoms with Crippen molar-refractivity contribution in [1.29, 1.82) is 0 Å². The summed E-state index contributed by atoms with van der Waals surface area (Å²) in [6, 6.07) is 8.00. The highest BCUT2D eigenvalue weighted by Gasteiger charge is 2.26. The summed E-state index contributed by atoms with van der Waals surface area (Å²) in [7, 11) is 0. The number of rotatable bonds is 9. The molecule has 7 nitrogen and oxygen atoms in total. The molecule has 0 bridgehead atoms. The van der Waals surface area contributed by atoms with Crippen LogP contribution in [0.5, 0.6) is 0 Å². The first-order chi connectivity index (χ1) is 14.0. The van der Waals surface area contributed by atoms with Crippen LogP contribution < -0.4 is 5.32 Å². The lowest BCUT2D eigenvalue weighted by Gasteiger charge is -2.30. The van der Waals surface area contributed by atoms with Crippen molar-refractivity contribution in [3.8, 4) is 11.4 Å². The molecule has 2 aromatic rings. The Kier molecular flexibility index (Phi) is 7.77. The Morgan fingerprint density at radius 1 is 1.38 bits per heavy atom. The van der Waals surface area contributed by atoms with E-state index in [9.17, 15) is 4.79 Å². The maximum atomic E-state index is 12.5. The predicted octanol–water partition coefficient (Wildman–Crippen LogP) is 3.19. The van der Waals surface area contributed by atoms with Crippen LogP contribution in [0.2, 0.25) is 0 Å². The quantitative estimate of drug-likeness (QED) is 0.651. The van der Waals surface area contributed by atoms with Crippen LogP contribution in [0.3, 0.4) is 0 Å². The molecule has 1 aliphatic rings. The molecule has 1 aliphatic heterocycles. The second-order valence-corrected chi connectivity index (χ2v) is 7.97. The van der Waals surface area contributed by atoms with E-state index in [1.54, 1.807) is 0 Å². The van der Waals surface area contributed by atoms with Crippen molar-refractivity contribution < 1.29 is 14.1 Å². The minimum atomic E-state index is 0.00790. The fourth-order valence-electron chi connectivity index (χ4n) is 3.60. The molecule has 2 heterocycles. The topological polar surface area (TPSA) is 80.5 Å². The molecule has 29 heavy (non-hydrogen) atoms. The molecule has 0 aliphatic carbocycles. The minimum Gasteiger partial charge on any atom is -0.379 e. The van der Waals surface area contributed by atoms with Crippen molar-refractivity contribution in [3.05, 3.63) is 35.7 Å². The highest BCUT2D eigenvalue weighted by Crippen LogP contribution is 2.22. The Balaban J connectivity index is 1.47. The fraction of sp³-hybridized carbons (Fsp3) is 0.591. The van der Waals surface area contributed by atoms with E-state index in [4.69, 9.17) is 9.26 Å². The van der Waals surface area contributed by atoms with E-state index in [1.165, 1.54) is 0 Å². The predicted molar refractivity (Wildman–Crippen MR) is 111 cm³/mol. The molecular formula is C22H32N4O3. The lowest BCUT2D eigenvalue weighted by atomic mass is 9.97. The van der Waals surface area contributed by atoms with Crippen LogP contribution in [0.15, 0.2) is 28.8 Å². The van der Waals surface area contributed by atoms with Crippen LogP contribution in [0.4, 0.5) is 0 Å². The van der Waals surface area contributed by atoms with Crippen molar-refractivity contribution in [2.24, 2.45) is 5.92 Å². The number of nitrogens with zero attached hydrogens (tertiary/aromatic N) is 3. The van der Waals surface area contributed by atoms with E-state index in [2.05, 4.69) is 20.4 Å². The number of aromatic nitrogens is 2. The van der Waals surface area contributed by atoms with Gasteiger partial charge in [0.15, 0.2) is 0 Å². The van der Waals surface area contributed by atoms with Crippen molar-refractivity contribution in [3.63, 3.8) is 0 Å². The SMILES string of the molecule is Cc1ccccc1-c1noc(CN2CCCC(C(=O)NCCCOC(C)C)C2)n1. The first-order valence-electron chi connectivity index (χ1n) is 10.5. The summed E-state index contributed by atoms with van der Waals surface area (Å²) in [6.45, 7) is 9.63. The summed E-state index contributed by atoms with van der Waals surface area (Å²) >= 11 is 0. The third-order valence-corrected chi connectivity index (χ3v) is 5.16. The van der Waals surface area contributed by atoms with Gasteiger partial charge in [0.1, 0.15) is 0 Å². The fourth-order valence-corrected chi connectivity index (χ4v) is 3.60. The molecule has 1 saturated heterocycles. The molecule has 1 unspecified atom stereocenters. The number of ether oxygens (including phenoxy) is 1. The average Bonchev–Trinajstić information content (AvgIpc) is 3.16. The van der Waals surface area contributed by atoms with Crippen LogP contribution in [-0.2, 0) is 16.1 Å². The molecule has 1 aromatic heterocycles. The van der Waals surface area contributed by atoms with Gasteiger partial charge in [0.2, 0.25) is 17.6 Å². The molecule has 1 N–H and O–H groups in total. The van der Waals surface area contributed by atoms with Gasteiger partial charge in [-0.05, 0) is 52.1 Å². The van der Waals surface area contributed by atoms with Gasteiger partial charge in [0.25, 0.3) is 0 Å². The number of amides is 1. The van der Waals surface area contributed by atoms with Gasteiger partial charge in [-0.25, -0.2) is 0 Å². The van der Waals surface area contributed by atoms with E-state index < -0.39 is 0 Å². The van der Waals surface area contributed by atoms with Gasteiger partial charge >= 0.3 is 0 Å². The van der Waals surface area contributed by atoms with Crippen LogP contribution in [0.1, 0.15) is 44.6 Å². The smallest absolute Gasteiger partial charge is 0.241 e. The van der Waals surface area contributed by atoms with E-state index in [-0.39, 0.29) is 17.9 Å². The third-order valence-electron chi connectivity index (χ3n) is 5.16. The van der Waals surface area contributed by atoms with Crippen LogP contribution in [0.25, 0.3) is 11.4 Å². The highest BCUT2D eigenvalue weighted by atomic mass is 16.5. The van der Waals surface area contributed by atoms with Gasteiger partial charge in [-0.1, -0.05) is 29.4 Å². The minimum absolute atomic E-state index is 0.00790. The summed E-state index contributed by atoms with van der Waals surface area (Å²) in [5.74, 6) is 1.35. The van der Waals surface area contributed by atoms with Crippen LogP contribution in [-0.4, -0.2) is 53.3 Å². The Labute approximate surface area is 172 Å². The number of aryl methyl sites for hydroxylation is 1. The van der Waals surface area contributed by atoms with Gasteiger partial charge in [0, 0.05) is 25.3 Å². The standard InChI is InChI=1S/C22H32N4O3/c1-16(2)28-13-7-11-23-22(27)18-9-6-12-26(14-18)15-20-24-21(25-29-20)19-10-5-4-8-17(19)3/h4-5,8,10,16,18H,6-7,9,11-15H2,1-3H3,(H,23,27). The molecule has 1 aromatic carbocycles. The Hall–Kier alpha value is -2.25. The Morgan fingerprint density at radius 3 is 3.00 bits per heavy atom. The number of benzene rings is 1. The molecule has 0 spiro atoms. The second kappa shape index (κ2) is 10.5. The summed E-state index contributed by atoms with van der Waals surface area (Å²) in [5, 5.41) is 7.18. The Morgan fingerprint density at radius 2 is 2.21 bits per heavy atom. The van der Waals surface area contributed by atoms with E-state index >= 15 is 0 Å². The molecule has 0 saturated carbocycles. The molecule has 0 radical (unpaired) electrons. The largest absolute Gasteiger partial charge is 0.379 e. The second-order valence-electron chi connectivity index (χ2n) is 7.97. The van der Waals surface area contributed by atoms with E-state index in [0.717, 1.165) is 43.5 Å². The number of carbonyl (C=O) groups is 1. The zero-order valence-electron chi connectivity index (χ0n) is 17.7. The molecule has 1 atom stereocenters. The number of piperidine rings is 1. The lowest BCUT2D eigenvalue weighted by Crippen LogP contribution is -2.43. The summed E-state index contributed by atoms with van der Waals surface area (Å²) in [5.41, 5.74) is 2.10. The molecule has 7 heteroatoms. The van der Waals surface area contributed by atoms with Gasteiger partial charge in [-0.3, -0.25) is 9.69 Å². The number of hydrogen-bond acceptors (Lipinski definition) is 6. The first-order valence-corrected chi connectivity index (χ1v) is 10.5. The summed E-state index contributed by atoms with van der Waals surface area (Å²) < 4.78 is 11.0.